The van der Waals surface area contributed by atoms with E-state index >= 15 is 0 Å². The van der Waals surface area contributed by atoms with Crippen molar-refractivity contribution >= 4 is 5.69 Å². The number of ether oxygens (including phenoxy) is 1. The molecular weight excluding hydrogens is 214 g/mol. The molecule has 1 aromatic heterocycles. The van der Waals surface area contributed by atoms with Crippen molar-refractivity contribution in [1.29, 1.82) is 0 Å². The maximum Gasteiger partial charge on any atom is 0.163 e. The summed E-state index contributed by atoms with van der Waals surface area (Å²) in [5, 5.41) is 0. The van der Waals surface area contributed by atoms with E-state index in [0.717, 1.165) is 11.3 Å². The minimum absolute atomic E-state index is 0.552. The van der Waals surface area contributed by atoms with Crippen molar-refractivity contribution in [1.82, 2.24) is 9.97 Å². The molecular formula is C13H15N3O. The van der Waals surface area contributed by atoms with E-state index in [0.29, 0.717) is 11.5 Å². The SMILES string of the molecule is COc1cc(C)c(C)cc1-c1ncc(N)cn1. The third-order valence-electron chi connectivity index (χ3n) is 2.73. The van der Waals surface area contributed by atoms with Crippen LogP contribution in [0.15, 0.2) is 24.5 Å². The number of nitrogen functional groups attached to an aromatic ring is 1. The standard InChI is InChI=1S/C13H15N3O/c1-8-4-11(12(17-3)5-9(8)2)13-15-6-10(14)7-16-13/h4-7H,14H2,1-3H3. The molecule has 17 heavy (non-hydrogen) atoms. The number of nitrogens with two attached hydrogens (primary N) is 1. The topological polar surface area (TPSA) is 61.0 Å². The molecule has 4 nitrogen and oxygen atoms in total. The lowest BCUT2D eigenvalue weighted by Crippen LogP contribution is -1.96. The summed E-state index contributed by atoms with van der Waals surface area (Å²) >= 11 is 0. The van der Waals surface area contributed by atoms with E-state index in [-0.39, 0.29) is 0 Å². The number of benzene rings is 1. The Kier molecular flexibility index (Phi) is 2.95. The molecule has 0 aliphatic rings. The van der Waals surface area contributed by atoms with E-state index < -0.39 is 0 Å². The highest BCUT2D eigenvalue weighted by Crippen LogP contribution is 2.30. The molecule has 0 saturated carbocycles. The quantitative estimate of drug-likeness (QED) is 0.858. The summed E-state index contributed by atoms with van der Waals surface area (Å²) in [6.45, 7) is 4.10. The lowest BCUT2D eigenvalue weighted by atomic mass is 10.0. The van der Waals surface area contributed by atoms with Crippen molar-refractivity contribution in [2.75, 3.05) is 12.8 Å². The summed E-state index contributed by atoms with van der Waals surface area (Å²) in [4.78, 5) is 8.42. The van der Waals surface area contributed by atoms with Crippen molar-refractivity contribution in [2.24, 2.45) is 0 Å². The van der Waals surface area contributed by atoms with E-state index in [1.807, 2.05) is 19.1 Å². The minimum Gasteiger partial charge on any atom is -0.496 e. The van der Waals surface area contributed by atoms with E-state index in [9.17, 15) is 0 Å². The average molecular weight is 229 g/mol. The van der Waals surface area contributed by atoms with Crippen LogP contribution in [0.1, 0.15) is 11.1 Å². The molecule has 0 fully saturated rings. The Morgan fingerprint density at radius 1 is 1.06 bits per heavy atom. The molecule has 2 N–H and O–H groups in total. The molecule has 1 aromatic carbocycles. The van der Waals surface area contributed by atoms with Gasteiger partial charge in [0.15, 0.2) is 5.82 Å². The molecule has 2 aromatic rings. The monoisotopic (exact) mass is 229 g/mol. The maximum atomic E-state index is 5.57. The van der Waals surface area contributed by atoms with Crippen molar-refractivity contribution < 1.29 is 4.74 Å². The molecule has 2 rings (SSSR count). The van der Waals surface area contributed by atoms with Crippen LogP contribution >= 0.6 is 0 Å². The molecule has 0 radical (unpaired) electrons. The third kappa shape index (κ3) is 2.20. The van der Waals surface area contributed by atoms with Gasteiger partial charge >= 0.3 is 0 Å². The molecule has 0 atom stereocenters. The highest BCUT2D eigenvalue weighted by molar-refractivity contribution is 5.66. The van der Waals surface area contributed by atoms with Gasteiger partial charge in [-0.2, -0.15) is 0 Å². The largest absolute Gasteiger partial charge is 0.496 e. The van der Waals surface area contributed by atoms with Gasteiger partial charge in [0.2, 0.25) is 0 Å². The van der Waals surface area contributed by atoms with Gasteiger partial charge in [-0.3, -0.25) is 0 Å². The molecule has 0 amide bonds. The van der Waals surface area contributed by atoms with Crippen molar-refractivity contribution in [3.05, 3.63) is 35.7 Å². The lowest BCUT2D eigenvalue weighted by molar-refractivity contribution is 0.415. The Morgan fingerprint density at radius 2 is 1.65 bits per heavy atom. The maximum absolute atomic E-state index is 5.57. The van der Waals surface area contributed by atoms with Gasteiger partial charge in [-0.25, -0.2) is 9.97 Å². The number of nitrogens with zero attached hydrogens (tertiary/aromatic N) is 2. The number of hydrogen-bond acceptors (Lipinski definition) is 4. The number of methoxy groups -OCH3 is 1. The van der Waals surface area contributed by atoms with E-state index in [1.165, 1.54) is 11.1 Å². The first-order valence-corrected chi connectivity index (χ1v) is 5.35. The normalized spacial score (nSPS) is 10.3. The fourth-order valence-electron chi connectivity index (χ4n) is 1.61. The van der Waals surface area contributed by atoms with Crippen molar-refractivity contribution in [3.63, 3.8) is 0 Å². The van der Waals surface area contributed by atoms with Gasteiger partial charge in [0.05, 0.1) is 30.8 Å². The van der Waals surface area contributed by atoms with Gasteiger partial charge in [-0.05, 0) is 37.1 Å². The van der Waals surface area contributed by atoms with Gasteiger partial charge in [-0.1, -0.05) is 0 Å². The predicted molar refractivity (Wildman–Crippen MR) is 67.9 cm³/mol. The second kappa shape index (κ2) is 4.41. The van der Waals surface area contributed by atoms with Gasteiger partial charge < -0.3 is 10.5 Å². The summed E-state index contributed by atoms with van der Waals surface area (Å²) in [5.41, 5.74) is 9.37. The highest BCUT2D eigenvalue weighted by atomic mass is 16.5. The van der Waals surface area contributed by atoms with Gasteiger partial charge in [-0.15, -0.1) is 0 Å². The Hall–Kier alpha value is -2.10. The first kappa shape index (κ1) is 11.4. The second-order valence-electron chi connectivity index (χ2n) is 3.98. The molecule has 88 valence electrons. The fraction of sp³-hybridized carbons (Fsp3) is 0.231. The van der Waals surface area contributed by atoms with E-state index in [1.54, 1.807) is 19.5 Å². The van der Waals surface area contributed by atoms with Crippen LogP contribution in [0.25, 0.3) is 11.4 Å². The highest BCUT2D eigenvalue weighted by Gasteiger charge is 2.10. The predicted octanol–water partition coefficient (Wildman–Crippen LogP) is 2.35. The lowest BCUT2D eigenvalue weighted by Gasteiger charge is -2.10. The zero-order chi connectivity index (χ0) is 12.4. The first-order chi connectivity index (χ1) is 8.11. The molecule has 0 spiro atoms. The second-order valence-corrected chi connectivity index (χ2v) is 3.98. The summed E-state index contributed by atoms with van der Waals surface area (Å²) in [6.07, 6.45) is 3.19. The minimum atomic E-state index is 0.552. The number of aromatic nitrogens is 2. The van der Waals surface area contributed by atoms with Gasteiger partial charge in [0.25, 0.3) is 0 Å². The molecule has 0 saturated heterocycles. The first-order valence-electron chi connectivity index (χ1n) is 5.35. The molecule has 4 heteroatoms. The van der Waals surface area contributed by atoms with Gasteiger partial charge in [0, 0.05) is 0 Å². The van der Waals surface area contributed by atoms with Crippen LogP contribution in [0.5, 0.6) is 5.75 Å². The van der Waals surface area contributed by atoms with Crippen LogP contribution < -0.4 is 10.5 Å². The Labute approximate surface area is 100 Å². The van der Waals surface area contributed by atoms with Crippen LogP contribution in [0.3, 0.4) is 0 Å². The summed E-state index contributed by atoms with van der Waals surface area (Å²) in [6, 6.07) is 4.02. The molecule has 0 bridgehead atoms. The zero-order valence-electron chi connectivity index (χ0n) is 10.2. The fourth-order valence-corrected chi connectivity index (χ4v) is 1.61. The van der Waals surface area contributed by atoms with Crippen LogP contribution in [-0.2, 0) is 0 Å². The zero-order valence-corrected chi connectivity index (χ0v) is 10.2. The number of anilines is 1. The smallest absolute Gasteiger partial charge is 0.163 e. The van der Waals surface area contributed by atoms with Crippen molar-refractivity contribution in [3.8, 4) is 17.1 Å². The third-order valence-corrected chi connectivity index (χ3v) is 2.73. The Balaban J connectivity index is 2.57. The Morgan fingerprint density at radius 3 is 2.24 bits per heavy atom. The number of hydrogen-bond donors (Lipinski definition) is 1. The summed E-state index contributed by atoms with van der Waals surface area (Å²) in [7, 11) is 1.64. The Bertz CT molecular complexity index is 535. The van der Waals surface area contributed by atoms with Crippen LogP contribution in [0.2, 0.25) is 0 Å². The van der Waals surface area contributed by atoms with Gasteiger partial charge in [0.1, 0.15) is 5.75 Å². The average Bonchev–Trinajstić information content (AvgIpc) is 2.33. The van der Waals surface area contributed by atoms with Crippen molar-refractivity contribution in [2.45, 2.75) is 13.8 Å². The summed E-state index contributed by atoms with van der Waals surface area (Å²) in [5.74, 6) is 1.40. The van der Waals surface area contributed by atoms with E-state index in [4.69, 9.17) is 10.5 Å². The molecule has 0 aliphatic carbocycles. The molecule has 0 unspecified atom stereocenters. The number of rotatable bonds is 2. The van der Waals surface area contributed by atoms with Crippen LogP contribution in [0, 0.1) is 13.8 Å². The molecule has 1 heterocycles. The van der Waals surface area contributed by atoms with Crippen LogP contribution in [-0.4, -0.2) is 17.1 Å². The summed E-state index contributed by atoms with van der Waals surface area (Å²) < 4.78 is 5.35. The van der Waals surface area contributed by atoms with Crippen LogP contribution in [0.4, 0.5) is 5.69 Å². The van der Waals surface area contributed by atoms with E-state index in [2.05, 4.69) is 16.9 Å². The molecule has 0 aliphatic heterocycles. The number of aryl methyl sites for hydroxylation is 2.